The fourth-order valence-corrected chi connectivity index (χ4v) is 4.19. The summed E-state index contributed by atoms with van der Waals surface area (Å²) in [4.78, 5) is 26.1. The van der Waals surface area contributed by atoms with Gasteiger partial charge in [-0.1, -0.05) is 6.07 Å². The molecule has 1 N–H and O–H groups in total. The van der Waals surface area contributed by atoms with E-state index in [1.807, 2.05) is 13.0 Å². The van der Waals surface area contributed by atoms with Crippen LogP contribution in [0.3, 0.4) is 0 Å². The molecule has 1 aliphatic carbocycles. The second kappa shape index (κ2) is 8.81. The van der Waals surface area contributed by atoms with Crippen LogP contribution in [-0.2, 0) is 14.3 Å². The topological polar surface area (TPSA) is 83.1 Å². The van der Waals surface area contributed by atoms with Crippen LogP contribution in [0.15, 0.2) is 34.7 Å². The van der Waals surface area contributed by atoms with Crippen molar-refractivity contribution in [2.45, 2.75) is 52.1 Å². The largest absolute Gasteiger partial charge is 0.493 e. The van der Waals surface area contributed by atoms with Crippen molar-refractivity contribution in [3.63, 3.8) is 0 Å². The fraction of sp³-hybridized carbons (Fsp3) is 0.478. The Bertz CT molecular complexity index is 928. The van der Waals surface area contributed by atoms with Crippen molar-refractivity contribution in [1.82, 2.24) is 5.32 Å². The number of ketones is 1. The molecule has 7 heteroatoms. The Morgan fingerprint density at radius 3 is 2.37 bits per heavy atom. The summed E-state index contributed by atoms with van der Waals surface area (Å²) in [6.07, 6.45) is 1.68. The Balaban J connectivity index is 2.27. The van der Waals surface area contributed by atoms with Gasteiger partial charge in [0, 0.05) is 29.0 Å². The van der Waals surface area contributed by atoms with Gasteiger partial charge in [0.1, 0.15) is 0 Å². The predicted octanol–water partition coefficient (Wildman–Crippen LogP) is 3.63. The van der Waals surface area contributed by atoms with Gasteiger partial charge in [0.25, 0.3) is 0 Å². The number of nitrogens with one attached hydrogen (secondary N) is 1. The lowest BCUT2D eigenvalue weighted by Gasteiger charge is -2.35. The molecule has 0 saturated heterocycles. The second-order valence-corrected chi connectivity index (χ2v) is 7.64. The molecule has 0 radical (unpaired) electrons. The van der Waals surface area contributed by atoms with Crippen LogP contribution in [0.25, 0.3) is 0 Å². The number of Topliss-reactive ketones (excluding diaryl/α,β-unsaturated/α-hetero) is 1. The summed E-state index contributed by atoms with van der Waals surface area (Å²) in [5.41, 5.74) is 3.19. The highest BCUT2D eigenvalue weighted by Gasteiger charge is 2.41. The number of carbonyl (C=O) groups is 2. The number of carbonyl (C=O) groups excluding carboxylic acids is 2. The third kappa shape index (κ3) is 3.76. The molecule has 1 atom stereocenters. The number of hydrogen-bond donors (Lipinski definition) is 1. The highest BCUT2D eigenvalue weighted by Crippen LogP contribution is 2.50. The van der Waals surface area contributed by atoms with Gasteiger partial charge in [0.15, 0.2) is 17.3 Å². The SMILES string of the molecule is COc1ccc([C@@H]2C(C(=O)OC(C)C)=C(C)NC3=C2C(=O)CCC3)c(OC)c1OC. The maximum absolute atomic E-state index is 13.1. The van der Waals surface area contributed by atoms with Crippen molar-refractivity contribution < 1.29 is 28.5 Å². The van der Waals surface area contributed by atoms with Crippen LogP contribution in [0.5, 0.6) is 17.2 Å². The first-order chi connectivity index (χ1) is 14.3. The summed E-state index contributed by atoms with van der Waals surface area (Å²) in [5.74, 6) is 0.292. The molecule has 1 aliphatic heterocycles. The number of rotatable bonds is 6. The predicted molar refractivity (Wildman–Crippen MR) is 112 cm³/mol. The average molecular weight is 415 g/mol. The Kier molecular flexibility index (Phi) is 6.39. The van der Waals surface area contributed by atoms with Crippen molar-refractivity contribution in [2.24, 2.45) is 0 Å². The summed E-state index contributed by atoms with van der Waals surface area (Å²) in [6.45, 7) is 5.43. The minimum Gasteiger partial charge on any atom is -0.493 e. The van der Waals surface area contributed by atoms with Gasteiger partial charge in [0.05, 0.1) is 38.9 Å². The number of ether oxygens (including phenoxy) is 4. The van der Waals surface area contributed by atoms with Crippen molar-refractivity contribution in [2.75, 3.05) is 21.3 Å². The number of esters is 1. The van der Waals surface area contributed by atoms with Crippen molar-refractivity contribution in [3.05, 3.63) is 40.2 Å². The maximum atomic E-state index is 13.1. The number of hydrogen-bond acceptors (Lipinski definition) is 7. The first-order valence-corrected chi connectivity index (χ1v) is 10.1. The molecule has 162 valence electrons. The van der Waals surface area contributed by atoms with Crippen molar-refractivity contribution in [1.29, 1.82) is 0 Å². The molecule has 1 aromatic rings. The van der Waals surface area contributed by atoms with Gasteiger partial charge in [-0.05, 0) is 39.7 Å². The van der Waals surface area contributed by atoms with Crippen molar-refractivity contribution in [3.8, 4) is 17.2 Å². The van der Waals surface area contributed by atoms with E-state index in [4.69, 9.17) is 18.9 Å². The molecular formula is C23H29NO6. The van der Waals surface area contributed by atoms with E-state index in [1.165, 1.54) is 14.2 Å². The molecular weight excluding hydrogens is 386 g/mol. The molecule has 0 saturated carbocycles. The summed E-state index contributed by atoms with van der Waals surface area (Å²) in [5, 5.41) is 3.28. The minimum absolute atomic E-state index is 0.0212. The molecule has 0 spiro atoms. The van der Waals surface area contributed by atoms with Gasteiger partial charge in [-0.2, -0.15) is 0 Å². The van der Waals surface area contributed by atoms with E-state index in [2.05, 4.69) is 5.32 Å². The standard InChI is InChI=1S/C23H29NO6/c1-12(2)30-23(26)18-13(3)24-15-8-7-9-16(25)20(15)19(18)14-10-11-17(27-4)22(29-6)21(14)28-5/h10-12,19,24H,7-9H2,1-6H3/t19-/m1/s1. The Labute approximate surface area is 177 Å². The molecule has 30 heavy (non-hydrogen) atoms. The van der Waals surface area contributed by atoms with Crippen LogP contribution < -0.4 is 19.5 Å². The third-order valence-corrected chi connectivity index (χ3v) is 5.38. The molecule has 0 bridgehead atoms. The lowest BCUT2D eigenvalue weighted by Crippen LogP contribution is -2.35. The number of allylic oxidation sites excluding steroid dienone is 3. The number of dihydropyridines is 1. The summed E-state index contributed by atoms with van der Waals surface area (Å²) in [7, 11) is 4.60. The molecule has 0 unspecified atom stereocenters. The molecule has 7 nitrogen and oxygen atoms in total. The zero-order valence-electron chi connectivity index (χ0n) is 18.4. The zero-order valence-corrected chi connectivity index (χ0v) is 18.4. The smallest absolute Gasteiger partial charge is 0.337 e. The Hall–Kier alpha value is -2.96. The van der Waals surface area contributed by atoms with Crippen LogP contribution in [0.2, 0.25) is 0 Å². The molecule has 1 aromatic carbocycles. The van der Waals surface area contributed by atoms with Crippen molar-refractivity contribution >= 4 is 11.8 Å². The van der Waals surface area contributed by atoms with E-state index in [1.54, 1.807) is 27.0 Å². The van der Waals surface area contributed by atoms with E-state index in [9.17, 15) is 9.59 Å². The van der Waals surface area contributed by atoms with E-state index in [0.717, 1.165) is 18.5 Å². The summed E-state index contributed by atoms with van der Waals surface area (Å²) < 4.78 is 22.2. The number of methoxy groups -OCH3 is 3. The summed E-state index contributed by atoms with van der Waals surface area (Å²) >= 11 is 0. The van der Waals surface area contributed by atoms with Crippen LogP contribution in [0.1, 0.15) is 51.5 Å². The van der Waals surface area contributed by atoms with Gasteiger partial charge in [-0.3, -0.25) is 4.79 Å². The van der Waals surface area contributed by atoms with E-state index in [0.29, 0.717) is 46.1 Å². The monoisotopic (exact) mass is 415 g/mol. The van der Waals surface area contributed by atoms with Gasteiger partial charge in [0.2, 0.25) is 5.75 Å². The van der Waals surface area contributed by atoms with E-state index in [-0.39, 0.29) is 11.9 Å². The molecule has 0 amide bonds. The third-order valence-electron chi connectivity index (χ3n) is 5.38. The first kappa shape index (κ1) is 21.7. The van der Waals surface area contributed by atoms with E-state index >= 15 is 0 Å². The Morgan fingerprint density at radius 2 is 1.77 bits per heavy atom. The average Bonchev–Trinajstić information content (AvgIpc) is 2.70. The van der Waals surface area contributed by atoms with Gasteiger partial charge >= 0.3 is 5.97 Å². The second-order valence-electron chi connectivity index (χ2n) is 7.64. The molecule has 0 aromatic heterocycles. The normalized spacial score (nSPS) is 18.8. The van der Waals surface area contributed by atoms with Crippen LogP contribution in [0.4, 0.5) is 0 Å². The van der Waals surface area contributed by atoms with Gasteiger partial charge < -0.3 is 24.3 Å². The van der Waals surface area contributed by atoms with Crippen LogP contribution in [0, 0.1) is 0 Å². The molecule has 2 aliphatic rings. The van der Waals surface area contributed by atoms with Gasteiger partial charge in [-0.15, -0.1) is 0 Å². The molecule has 1 heterocycles. The lowest BCUT2D eigenvalue weighted by atomic mass is 9.75. The maximum Gasteiger partial charge on any atom is 0.337 e. The number of benzene rings is 1. The fourth-order valence-electron chi connectivity index (χ4n) is 4.19. The molecule has 3 rings (SSSR count). The first-order valence-electron chi connectivity index (χ1n) is 10.1. The summed E-state index contributed by atoms with van der Waals surface area (Å²) in [6, 6.07) is 3.58. The highest BCUT2D eigenvalue weighted by molar-refractivity contribution is 6.04. The van der Waals surface area contributed by atoms with E-state index < -0.39 is 11.9 Å². The van der Waals surface area contributed by atoms with Gasteiger partial charge in [-0.25, -0.2) is 4.79 Å². The Morgan fingerprint density at radius 1 is 1.07 bits per heavy atom. The molecule has 0 fully saturated rings. The highest BCUT2D eigenvalue weighted by atomic mass is 16.5. The van der Waals surface area contributed by atoms with Crippen LogP contribution >= 0.6 is 0 Å². The lowest BCUT2D eigenvalue weighted by molar-refractivity contribution is -0.143. The quantitative estimate of drug-likeness (QED) is 0.710. The van der Waals surface area contributed by atoms with Crippen LogP contribution in [-0.4, -0.2) is 39.2 Å². The zero-order chi connectivity index (χ0) is 22.0. The minimum atomic E-state index is -0.616.